The SMILES string of the molecule is CCCCCCC[C@H]1CC[C@H]([C@H](CCC)c2cccc3ccccc23)N1C. The van der Waals surface area contributed by atoms with Crippen molar-refractivity contribution in [3.8, 4) is 0 Å². The van der Waals surface area contributed by atoms with E-state index < -0.39 is 0 Å². The van der Waals surface area contributed by atoms with E-state index in [9.17, 15) is 0 Å². The molecule has 0 N–H and O–H groups in total. The van der Waals surface area contributed by atoms with Crippen LogP contribution in [0.3, 0.4) is 0 Å². The summed E-state index contributed by atoms with van der Waals surface area (Å²) < 4.78 is 0. The molecule has 27 heavy (non-hydrogen) atoms. The first-order valence-corrected chi connectivity index (χ1v) is 11.5. The fourth-order valence-electron chi connectivity index (χ4n) is 5.30. The second-order valence-corrected chi connectivity index (χ2v) is 8.63. The van der Waals surface area contributed by atoms with Gasteiger partial charge in [0.2, 0.25) is 0 Å². The van der Waals surface area contributed by atoms with Gasteiger partial charge in [0, 0.05) is 18.0 Å². The summed E-state index contributed by atoms with van der Waals surface area (Å²) in [6.45, 7) is 4.65. The molecule has 1 saturated heterocycles. The summed E-state index contributed by atoms with van der Waals surface area (Å²) in [7, 11) is 2.40. The Morgan fingerprint density at radius 3 is 2.48 bits per heavy atom. The van der Waals surface area contributed by atoms with Crippen molar-refractivity contribution >= 4 is 10.8 Å². The van der Waals surface area contributed by atoms with Crippen LogP contribution < -0.4 is 0 Å². The summed E-state index contributed by atoms with van der Waals surface area (Å²) in [6, 6.07) is 17.4. The number of rotatable bonds is 10. The highest BCUT2D eigenvalue weighted by Gasteiger charge is 2.35. The van der Waals surface area contributed by atoms with E-state index in [1.807, 2.05) is 0 Å². The van der Waals surface area contributed by atoms with E-state index in [-0.39, 0.29) is 0 Å². The third-order valence-electron chi connectivity index (χ3n) is 6.82. The molecule has 0 aromatic heterocycles. The van der Waals surface area contributed by atoms with Crippen molar-refractivity contribution in [2.75, 3.05) is 7.05 Å². The fourth-order valence-corrected chi connectivity index (χ4v) is 5.30. The molecule has 1 nitrogen and oxygen atoms in total. The molecule has 148 valence electrons. The number of likely N-dealkylation sites (N-methyl/N-ethyl adjacent to an activating group) is 1. The molecule has 1 heterocycles. The molecule has 3 atom stereocenters. The van der Waals surface area contributed by atoms with E-state index in [1.54, 1.807) is 5.56 Å². The summed E-state index contributed by atoms with van der Waals surface area (Å²) in [5.41, 5.74) is 1.58. The lowest BCUT2D eigenvalue weighted by atomic mass is 9.84. The van der Waals surface area contributed by atoms with E-state index in [1.165, 1.54) is 75.0 Å². The van der Waals surface area contributed by atoms with Crippen molar-refractivity contribution in [1.29, 1.82) is 0 Å². The molecule has 1 fully saturated rings. The number of hydrogen-bond acceptors (Lipinski definition) is 1. The Kier molecular flexibility index (Phi) is 7.76. The Morgan fingerprint density at radius 1 is 0.889 bits per heavy atom. The van der Waals surface area contributed by atoms with E-state index in [0.29, 0.717) is 12.0 Å². The molecule has 0 unspecified atom stereocenters. The van der Waals surface area contributed by atoms with E-state index in [0.717, 1.165) is 6.04 Å². The van der Waals surface area contributed by atoms with Crippen molar-refractivity contribution in [3.05, 3.63) is 48.0 Å². The average Bonchev–Trinajstić information content (AvgIpc) is 3.06. The van der Waals surface area contributed by atoms with Crippen molar-refractivity contribution in [1.82, 2.24) is 4.90 Å². The molecule has 0 aliphatic carbocycles. The predicted molar refractivity (Wildman–Crippen MR) is 120 cm³/mol. The highest BCUT2D eigenvalue weighted by Crippen LogP contribution is 2.40. The van der Waals surface area contributed by atoms with Gasteiger partial charge in [-0.2, -0.15) is 0 Å². The highest BCUT2D eigenvalue weighted by molar-refractivity contribution is 5.86. The minimum absolute atomic E-state index is 0.663. The Bertz CT molecular complexity index is 686. The average molecular weight is 366 g/mol. The standard InChI is InChI=1S/C26H39N/c1-4-6-7-8-9-16-22-19-20-26(27(22)3)25(13-5-2)24-18-12-15-21-14-10-11-17-23(21)24/h10-12,14-15,17-18,22,25-26H,4-9,13,16,19-20H2,1-3H3/t22-,25+,26+/m0/s1. The van der Waals surface area contributed by atoms with Crippen LogP contribution in [0.25, 0.3) is 10.8 Å². The van der Waals surface area contributed by atoms with Crippen molar-refractivity contribution in [3.63, 3.8) is 0 Å². The summed E-state index contributed by atoms with van der Waals surface area (Å²) in [4.78, 5) is 2.75. The molecule has 0 spiro atoms. The lowest BCUT2D eigenvalue weighted by Crippen LogP contribution is -2.36. The van der Waals surface area contributed by atoms with Crippen LogP contribution in [0.5, 0.6) is 0 Å². The van der Waals surface area contributed by atoms with Crippen LogP contribution in [0, 0.1) is 0 Å². The second-order valence-electron chi connectivity index (χ2n) is 8.63. The number of unbranched alkanes of at least 4 members (excludes halogenated alkanes) is 4. The minimum Gasteiger partial charge on any atom is -0.300 e. The molecule has 2 aromatic carbocycles. The summed E-state index contributed by atoms with van der Waals surface area (Å²) in [6.07, 6.45) is 13.7. The van der Waals surface area contributed by atoms with Gasteiger partial charge in [0.15, 0.2) is 0 Å². The molecule has 0 radical (unpaired) electrons. The van der Waals surface area contributed by atoms with Gasteiger partial charge in [-0.3, -0.25) is 4.90 Å². The number of fused-ring (bicyclic) bond motifs is 1. The normalized spacial score (nSPS) is 21.7. The van der Waals surface area contributed by atoms with Gasteiger partial charge < -0.3 is 0 Å². The van der Waals surface area contributed by atoms with Crippen molar-refractivity contribution in [2.45, 2.75) is 96.1 Å². The largest absolute Gasteiger partial charge is 0.300 e. The van der Waals surface area contributed by atoms with E-state index in [2.05, 4.69) is 68.3 Å². The molecule has 1 aliphatic heterocycles. The fraction of sp³-hybridized carbons (Fsp3) is 0.615. The maximum atomic E-state index is 2.75. The molecule has 3 rings (SSSR count). The lowest BCUT2D eigenvalue weighted by Gasteiger charge is -2.33. The molecular weight excluding hydrogens is 326 g/mol. The van der Waals surface area contributed by atoms with E-state index >= 15 is 0 Å². The predicted octanol–water partition coefficient (Wildman–Crippen LogP) is 7.55. The van der Waals surface area contributed by atoms with Gasteiger partial charge in [-0.25, -0.2) is 0 Å². The zero-order valence-corrected chi connectivity index (χ0v) is 17.8. The molecule has 0 bridgehead atoms. The number of benzene rings is 2. The quantitative estimate of drug-likeness (QED) is 0.393. The van der Waals surface area contributed by atoms with Crippen LogP contribution >= 0.6 is 0 Å². The molecular formula is C26H39N. The molecule has 1 aliphatic rings. The zero-order chi connectivity index (χ0) is 19.1. The zero-order valence-electron chi connectivity index (χ0n) is 17.8. The van der Waals surface area contributed by atoms with Crippen LogP contribution in [-0.4, -0.2) is 24.0 Å². The second kappa shape index (κ2) is 10.3. The Labute approximate surface area is 167 Å². The Morgan fingerprint density at radius 2 is 1.67 bits per heavy atom. The first-order chi connectivity index (χ1) is 13.3. The van der Waals surface area contributed by atoms with Gasteiger partial charge in [0.1, 0.15) is 0 Å². The van der Waals surface area contributed by atoms with Crippen LogP contribution in [0.2, 0.25) is 0 Å². The summed E-state index contributed by atoms with van der Waals surface area (Å²) in [5, 5.41) is 2.86. The molecule has 0 saturated carbocycles. The molecule has 1 heteroatoms. The molecule has 0 amide bonds. The van der Waals surface area contributed by atoms with Crippen LogP contribution in [0.4, 0.5) is 0 Å². The Balaban J connectivity index is 1.72. The third kappa shape index (κ3) is 4.93. The van der Waals surface area contributed by atoms with Gasteiger partial charge in [-0.15, -0.1) is 0 Å². The van der Waals surface area contributed by atoms with Gasteiger partial charge in [0.05, 0.1) is 0 Å². The minimum atomic E-state index is 0.663. The first kappa shape index (κ1) is 20.4. The monoisotopic (exact) mass is 365 g/mol. The topological polar surface area (TPSA) is 3.24 Å². The maximum absolute atomic E-state index is 2.75. The van der Waals surface area contributed by atoms with Crippen LogP contribution in [-0.2, 0) is 0 Å². The molecule has 2 aromatic rings. The van der Waals surface area contributed by atoms with Crippen molar-refractivity contribution < 1.29 is 0 Å². The number of hydrogen-bond donors (Lipinski definition) is 0. The summed E-state index contributed by atoms with van der Waals surface area (Å²) >= 11 is 0. The van der Waals surface area contributed by atoms with Gasteiger partial charge in [0.25, 0.3) is 0 Å². The van der Waals surface area contributed by atoms with Crippen molar-refractivity contribution in [2.24, 2.45) is 0 Å². The van der Waals surface area contributed by atoms with Gasteiger partial charge in [-0.1, -0.05) is 94.8 Å². The first-order valence-electron chi connectivity index (χ1n) is 11.5. The Hall–Kier alpha value is -1.34. The summed E-state index contributed by atoms with van der Waals surface area (Å²) in [5.74, 6) is 0.663. The van der Waals surface area contributed by atoms with Crippen LogP contribution in [0.1, 0.15) is 89.5 Å². The number of likely N-dealkylation sites (tertiary alicyclic amines) is 1. The van der Waals surface area contributed by atoms with E-state index in [4.69, 9.17) is 0 Å². The third-order valence-corrected chi connectivity index (χ3v) is 6.82. The lowest BCUT2D eigenvalue weighted by molar-refractivity contribution is 0.199. The van der Waals surface area contributed by atoms with Gasteiger partial charge >= 0.3 is 0 Å². The number of nitrogens with zero attached hydrogens (tertiary/aromatic N) is 1. The van der Waals surface area contributed by atoms with Gasteiger partial charge in [-0.05, 0) is 49.1 Å². The maximum Gasteiger partial charge on any atom is 0.0165 e. The highest BCUT2D eigenvalue weighted by atomic mass is 15.2. The van der Waals surface area contributed by atoms with Crippen LogP contribution in [0.15, 0.2) is 42.5 Å². The smallest absolute Gasteiger partial charge is 0.0165 e.